The molecule has 0 radical (unpaired) electrons. The summed E-state index contributed by atoms with van der Waals surface area (Å²) in [5, 5.41) is 0. The van der Waals surface area contributed by atoms with Gasteiger partial charge in [0.2, 0.25) is 0 Å². The lowest BCUT2D eigenvalue weighted by atomic mass is 10.3. The maximum atomic E-state index is 11.2. The lowest BCUT2D eigenvalue weighted by Crippen LogP contribution is -2.49. The summed E-state index contributed by atoms with van der Waals surface area (Å²) in [6.07, 6.45) is 1.17. The molecule has 0 aliphatic carbocycles. The summed E-state index contributed by atoms with van der Waals surface area (Å²) in [7, 11) is -3.69. The van der Waals surface area contributed by atoms with Crippen molar-refractivity contribution in [3.63, 3.8) is 0 Å². The molecule has 0 aliphatic rings. The van der Waals surface area contributed by atoms with E-state index in [-0.39, 0.29) is 6.04 Å². The van der Waals surface area contributed by atoms with E-state index in [2.05, 4.69) is 6.58 Å². The second kappa shape index (κ2) is 10.1. The van der Waals surface area contributed by atoms with Crippen LogP contribution < -0.4 is 0 Å². The van der Waals surface area contributed by atoms with Crippen molar-refractivity contribution in [1.29, 1.82) is 0 Å². The zero-order valence-electron chi connectivity index (χ0n) is 13.6. The standard InChI is InChI=1S/C14H24O7Si/c1-11(2)10-18-8-6-7-9-22(19-12(3)15,20-13(4)16)21-14(5)17/h1,6-10H2,2-5H3. The normalized spacial score (nSPS) is 10.7. The maximum absolute atomic E-state index is 11.2. The Labute approximate surface area is 131 Å². The molecule has 0 aliphatic heterocycles. The van der Waals surface area contributed by atoms with Gasteiger partial charge < -0.3 is 18.0 Å². The van der Waals surface area contributed by atoms with E-state index in [0.717, 1.165) is 5.57 Å². The van der Waals surface area contributed by atoms with Crippen molar-refractivity contribution in [2.75, 3.05) is 13.2 Å². The van der Waals surface area contributed by atoms with Crippen molar-refractivity contribution in [1.82, 2.24) is 0 Å². The summed E-state index contributed by atoms with van der Waals surface area (Å²) in [4.78, 5) is 33.7. The predicted octanol–water partition coefficient (Wildman–Crippen LogP) is 1.99. The summed E-state index contributed by atoms with van der Waals surface area (Å²) in [6.45, 7) is 10.1. The molecule has 0 spiro atoms. The molecule has 0 unspecified atom stereocenters. The molecule has 8 heteroatoms. The Kier molecular flexibility index (Phi) is 9.35. The lowest BCUT2D eigenvalue weighted by Gasteiger charge is -2.26. The number of ether oxygens (including phenoxy) is 1. The van der Waals surface area contributed by atoms with E-state index < -0.39 is 26.7 Å². The number of hydrogen-bond acceptors (Lipinski definition) is 7. The number of rotatable bonds is 10. The Morgan fingerprint density at radius 1 is 0.864 bits per heavy atom. The molecule has 0 saturated heterocycles. The quantitative estimate of drug-likeness (QED) is 0.343. The summed E-state index contributed by atoms with van der Waals surface area (Å²) in [6, 6.07) is 0.169. The molecule has 0 saturated carbocycles. The summed E-state index contributed by atoms with van der Waals surface area (Å²) in [5.74, 6) is -1.98. The number of hydrogen-bond donors (Lipinski definition) is 0. The fraction of sp³-hybridized carbons (Fsp3) is 0.643. The first kappa shape index (κ1) is 20.3. The van der Waals surface area contributed by atoms with Gasteiger partial charge in [-0.1, -0.05) is 12.2 Å². The van der Waals surface area contributed by atoms with Crippen LogP contribution in [-0.4, -0.2) is 39.9 Å². The smallest absolute Gasteiger partial charge is 0.455 e. The van der Waals surface area contributed by atoms with Crippen molar-refractivity contribution in [2.45, 2.75) is 46.6 Å². The molecule has 0 atom stereocenters. The Balaban J connectivity index is 4.60. The highest BCUT2D eigenvalue weighted by atomic mass is 28.4. The van der Waals surface area contributed by atoms with Gasteiger partial charge in [0.15, 0.2) is 0 Å². The van der Waals surface area contributed by atoms with Crippen LogP contribution in [0.2, 0.25) is 6.04 Å². The molecule has 0 aromatic carbocycles. The minimum atomic E-state index is -3.69. The molecule has 0 N–H and O–H groups in total. The van der Waals surface area contributed by atoms with Gasteiger partial charge in [0.25, 0.3) is 17.9 Å². The van der Waals surface area contributed by atoms with Crippen molar-refractivity contribution in [3.05, 3.63) is 12.2 Å². The van der Waals surface area contributed by atoms with Gasteiger partial charge in [-0.2, -0.15) is 0 Å². The number of carbonyl (C=O) groups excluding carboxylic acids is 3. The van der Waals surface area contributed by atoms with Crippen LogP contribution in [0.3, 0.4) is 0 Å². The molecular weight excluding hydrogens is 308 g/mol. The zero-order chi connectivity index (χ0) is 17.2. The van der Waals surface area contributed by atoms with Gasteiger partial charge in [0.1, 0.15) is 0 Å². The van der Waals surface area contributed by atoms with Crippen molar-refractivity contribution >= 4 is 26.7 Å². The van der Waals surface area contributed by atoms with E-state index in [0.29, 0.717) is 26.1 Å². The fourth-order valence-electron chi connectivity index (χ4n) is 1.66. The Bertz CT molecular complexity index is 379. The van der Waals surface area contributed by atoms with E-state index in [1.165, 1.54) is 20.8 Å². The first-order valence-electron chi connectivity index (χ1n) is 6.98. The molecule has 0 rings (SSSR count). The Morgan fingerprint density at radius 2 is 1.32 bits per heavy atom. The molecule has 0 aromatic heterocycles. The summed E-state index contributed by atoms with van der Waals surface area (Å²) >= 11 is 0. The third-order valence-corrected chi connectivity index (χ3v) is 5.03. The van der Waals surface area contributed by atoms with Gasteiger partial charge in [-0.15, -0.1) is 0 Å². The molecule has 0 heterocycles. The van der Waals surface area contributed by atoms with Crippen molar-refractivity contribution < 1.29 is 32.4 Å². The van der Waals surface area contributed by atoms with Crippen LogP contribution in [0.4, 0.5) is 0 Å². The van der Waals surface area contributed by atoms with Gasteiger partial charge in [-0.3, -0.25) is 14.4 Å². The van der Waals surface area contributed by atoms with Gasteiger partial charge in [0, 0.05) is 27.4 Å². The third kappa shape index (κ3) is 10.1. The minimum absolute atomic E-state index is 0.169. The number of carbonyl (C=O) groups is 3. The molecule has 0 bridgehead atoms. The molecule has 0 aromatic rings. The zero-order valence-corrected chi connectivity index (χ0v) is 14.6. The Morgan fingerprint density at radius 3 is 1.68 bits per heavy atom. The van der Waals surface area contributed by atoms with Crippen LogP contribution >= 0.6 is 0 Å². The summed E-state index contributed by atoms with van der Waals surface area (Å²) in [5.41, 5.74) is 0.920. The monoisotopic (exact) mass is 332 g/mol. The second-order valence-electron chi connectivity index (χ2n) is 4.93. The van der Waals surface area contributed by atoms with Crippen molar-refractivity contribution in [2.24, 2.45) is 0 Å². The maximum Gasteiger partial charge on any atom is 0.705 e. The highest BCUT2D eigenvalue weighted by Crippen LogP contribution is 2.20. The van der Waals surface area contributed by atoms with Crippen LogP contribution in [0, 0.1) is 0 Å². The summed E-state index contributed by atoms with van der Waals surface area (Å²) < 4.78 is 20.5. The second-order valence-corrected chi connectivity index (χ2v) is 7.41. The highest BCUT2D eigenvalue weighted by molar-refractivity contribution is 6.65. The largest absolute Gasteiger partial charge is 0.705 e. The van der Waals surface area contributed by atoms with Gasteiger partial charge >= 0.3 is 8.80 Å². The van der Waals surface area contributed by atoms with E-state index in [9.17, 15) is 14.4 Å². The number of unbranched alkanes of at least 4 members (excludes halogenated alkanes) is 1. The van der Waals surface area contributed by atoms with Crippen LogP contribution in [0.1, 0.15) is 40.5 Å². The van der Waals surface area contributed by atoms with E-state index in [4.69, 9.17) is 18.0 Å². The van der Waals surface area contributed by atoms with E-state index in [1.807, 2.05) is 6.92 Å². The predicted molar refractivity (Wildman–Crippen MR) is 80.7 cm³/mol. The van der Waals surface area contributed by atoms with Crippen LogP contribution in [-0.2, 0) is 32.4 Å². The van der Waals surface area contributed by atoms with Crippen LogP contribution in [0.25, 0.3) is 0 Å². The third-order valence-electron chi connectivity index (χ3n) is 2.27. The highest BCUT2D eigenvalue weighted by Gasteiger charge is 2.51. The molecule has 0 fully saturated rings. The minimum Gasteiger partial charge on any atom is -0.455 e. The topological polar surface area (TPSA) is 88.1 Å². The molecule has 22 heavy (non-hydrogen) atoms. The fourth-order valence-corrected chi connectivity index (χ4v) is 4.09. The van der Waals surface area contributed by atoms with Gasteiger partial charge in [-0.25, -0.2) is 0 Å². The molecular formula is C14H24O7Si. The van der Waals surface area contributed by atoms with E-state index >= 15 is 0 Å². The van der Waals surface area contributed by atoms with E-state index in [1.54, 1.807) is 0 Å². The average Bonchev–Trinajstić information content (AvgIpc) is 2.30. The molecule has 0 amide bonds. The first-order valence-corrected chi connectivity index (χ1v) is 8.91. The molecule has 126 valence electrons. The first-order chi connectivity index (χ1) is 10.2. The lowest BCUT2D eigenvalue weighted by molar-refractivity contribution is -0.147. The van der Waals surface area contributed by atoms with Crippen LogP contribution in [0.15, 0.2) is 12.2 Å². The van der Waals surface area contributed by atoms with Crippen LogP contribution in [0.5, 0.6) is 0 Å². The Hall–Kier alpha value is -1.67. The van der Waals surface area contributed by atoms with Crippen molar-refractivity contribution in [3.8, 4) is 0 Å². The molecule has 7 nitrogen and oxygen atoms in total. The average molecular weight is 332 g/mol. The SMILES string of the molecule is C=C(C)COCCCC[Si](OC(C)=O)(OC(C)=O)OC(C)=O. The van der Waals surface area contributed by atoms with Gasteiger partial charge in [0.05, 0.1) is 12.7 Å². The van der Waals surface area contributed by atoms with Gasteiger partial charge in [-0.05, 0) is 19.8 Å².